The molecule has 0 aliphatic carbocycles. The lowest BCUT2D eigenvalue weighted by Crippen LogP contribution is -2.22. The summed E-state index contributed by atoms with van der Waals surface area (Å²) in [6.07, 6.45) is 3.84. The molecule has 0 aliphatic heterocycles. The first-order valence-electron chi connectivity index (χ1n) is 7.14. The van der Waals surface area contributed by atoms with Crippen molar-refractivity contribution in [3.05, 3.63) is 29.3 Å². The maximum absolute atomic E-state index is 12.2. The predicted octanol–water partition coefficient (Wildman–Crippen LogP) is 3.85. The van der Waals surface area contributed by atoms with E-state index in [1.54, 1.807) is 19.1 Å². The second kappa shape index (κ2) is 7.68. The number of carboxylic acid groups (broad SMARTS) is 1. The molecule has 1 atom stereocenters. The topological polar surface area (TPSA) is 66.4 Å². The van der Waals surface area contributed by atoms with Crippen LogP contribution in [0.1, 0.15) is 55.5 Å². The number of amides is 1. The van der Waals surface area contributed by atoms with Gasteiger partial charge in [-0.15, -0.1) is 0 Å². The summed E-state index contributed by atoms with van der Waals surface area (Å²) >= 11 is 0. The number of aryl methyl sites for hydroxylation is 1. The second-order valence-corrected chi connectivity index (χ2v) is 5.07. The van der Waals surface area contributed by atoms with E-state index in [0.29, 0.717) is 11.3 Å². The van der Waals surface area contributed by atoms with E-state index in [1.165, 1.54) is 6.07 Å². The van der Waals surface area contributed by atoms with Gasteiger partial charge in [-0.2, -0.15) is 0 Å². The fourth-order valence-electron chi connectivity index (χ4n) is 2.20. The molecular formula is C16H23NO3. The number of carboxylic acids is 1. The monoisotopic (exact) mass is 277 g/mol. The van der Waals surface area contributed by atoms with Crippen LogP contribution in [0.2, 0.25) is 0 Å². The molecule has 0 heterocycles. The van der Waals surface area contributed by atoms with Gasteiger partial charge in [0.25, 0.3) is 0 Å². The number of carbonyl (C=O) groups excluding carboxylic acids is 1. The van der Waals surface area contributed by atoms with Crippen molar-refractivity contribution in [1.29, 1.82) is 0 Å². The molecule has 1 amide bonds. The fourth-order valence-corrected chi connectivity index (χ4v) is 2.20. The third kappa shape index (κ3) is 4.37. The number of hydrogen-bond donors (Lipinski definition) is 2. The van der Waals surface area contributed by atoms with Crippen LogP contribution in [0.4, 0.5) is 5.69 Å². The van der Waals surface area contributed by atoms with Gasteiger partial charge in [0.15, 0.2) is 0 Å². The van der Waals surface area contributed by atoms with E-state index in [4.69, 9.17) is 5.11 Å². The predicted molar refractivity (Wildman–Crippen MR) is 80.1 cm³/mol. The van der Waals surface area contributed by atoms with Crippen LogP contribution >= 0.6 is 0 Å². The number of benzene rings is 1. The summed E-state index contributed by atoms with van der Waals surface area (Å²) in [5, 5.41) is 11.9. The van der Waals surface area contributed by atoms with Crippen molar-refractivity contribution >= 4 is 17.6 Å². The van der Waals surface area contributed by atoms with Gasteiger partial charge in [0.1, 0.15) is 0 Å². The lowest BCUT2D eigenvalue weighted by molar-refractivity contribution is -0.120. The molecule has 2 N–H and O–H groups in total. The standard InChI is InChI=1S/C16H23NO3/c1-4-6-7-12(5-2)15(18)17-13-8-9-14(16(19)20)11(3)10-13/h8-10,12H,4-7H2,1-3H3,(H,17,18)(H,19,20). The Bertz CT molecular complexity index is 483. The molecule has 20 heavy (non-hydrogen) atoms. The van der Waals surface area contributed by atoms with Crippen LogP contribution in [0, 0.1) is 12.8 Å². The minimum Gasteiger partial charge on any atom is -0.478 e. The third-order valence-electron chi connectivity index (χ3n) is 3.49. The molecule has 0 spiro atoms. The van der Waals surface area contributed by atoms with E-state index in [1.807, 2.05) is 6.92 Å². The van der Waals surface area contributed by atoms with Crippen LogP contribution < -0.4 is 5.32 Å². The Kier molecular flexibility index (Phi) is 6.22. The minimum absolute atomic E-state index is 0.0171. The highest BCUT2D eigenvalue weighted by molar-refractivity contribution is 5.94. The molecule has 0 aromatic heterocycles. The Labute approximate surface area is 120 Å². The summed E-state index contributed by atoms with van der Waals surface area (Å²) in [6.45, 7) is 5.85. The number of hydrogen-bond acceptors (Lipinski definition) is 2. The van der Waals surface area contributed by atoms with Gasteiger partial charge in [-0.3, -0.25) is 4.79 Å². The average Bonchev–Trinajstić information content (AvgIpc) is 2.39. The quantitative estimate of drug-likeness (QED) is 0.795. The maximum Gasteiger partial charge on any atom is 0.335 e. The highest BCUT2D eigenvalue weighted by Gasteiger charge is 2.16. The van der Waals surface area contributed by atoms with Gasteiger partial charge in [-0.05, 0) is 43.5 Å². The number of rotatable bonds is 7. The molecule has 1 unspecified atom stereocenters. The van der Waals surface area contributed by atoms with Crippen molar-refractivity contribution in [2.45, 2.75) is 46.5 Å². The van der Waals surface area contributed by atoms with Crippen LogP contribution in [0.3, 0.4) is 0 Å². The normalized spacial score (nSPS) is 11.9. The fraction of sp³-hybridized carbons (Fsp3) is 0.500. The molecule has 0 bridgehead atoms. The molecule has 4 nitrogen and oxygen atoms in total. The lowest BCUT2D eigenvalue weighted by Gasteiger charge is -2.15. The number of aromatic carboxylic acids is 1. The van der Waals surface area contributed by atoms with Gasteiger partial charge < -0.3 is 10.4 Å². The molecule has 110 valence electrons. The Morgan fingerprint density at radius 1 is 1.30 bits per heavy atom. The lowest BCUT2D eigenvalue weighted by atomic mass is 9.98. The number of carbonyl (C=O) groups is 2. The van der Waals surface area contributed by atoms with E-state index in [2.05, 4.69) is 12.2 Å². The van der Waals surface area contributed by atoms with E-state index in [-0.39, 0.29) is 17.4 Å². The zero-order valence-electron chi connectivity index (χ0n) is 12.4. The SMILES string of the molecule is CCCCC(CC)C(=O)Nc1ccc(C(=O)O)c(C)c1. The Morgan fingerprint density at radius 3 is 2.50 bits per heavy atom. The van der Waals surface area contributed by atoms with Crippen LogP contribution in [0.25, 0.3) is 0 Å². The van der Waals surface area contributed by atoms with Crippen LogP contribution in [-0.4, -0.2) is 17.0 Å². The zero-order valence-corrected chi connectivity index (χ0v) is 12.4. The zero-order chi connectivity index (χ0) is 15.1. The van der Waals surface area contributed by atoms with Crippen molar-refractivity contribution in [1.82, 2.24) is 0 Å². The summed E-state index contributed by atoms with van der Waals surface area (Å²) < 4.78 is 0. The van der Waals surface area contributed by atoms with Crippen molar-refractivity contribution in [3.63, 3.8) is 0 Å². The van der Waals surface area contributed by atoms with Gasteiger partial charge >= 0.3 is 5.97 Å². The summed E-state index contributed by atoms with van der Waals surface area (Å²) in [5.74, 6) is -0.910. The number of nitrogens with one attached hydrogen (secondary N) is 1. The van der Waals surface area contributed by atoms with E-state index in [0.717, 1.165) is 25.7 Å². The van der Waals surface area contributed by atoms with E-state index < -0.39 is 5.97 Å². The van der Waals surface area contributed by atoms with Crippen molar-refractivity contribution in [2.24, 2.45) is 5.92 Å². The minimum atomic E-state index is -0.949. The average molecular weight is 277 g/mol. The molecule has 0 saturated heterocycles. The first-order chi connectivity index (χ1) is 9.49. The molecule has 4 heteroatoms. The molecule has 0 aliphatic rings. The van der Waals surface area contributed by atoms with Gasteiger partial charge in [0.2, 0.25) is 5.91 Å². The molecular weight excluding hydrogens is 254 g/mol. The first-order valence-corrected chi connectivity index (χ1v) is 7.14. The summed E-state index contributed by atoms with van der Waals surface area (Å²) in [7, 11) is 0. The summed E-state index contributed by atoms with van der Waals surface area (Å²) in [6, 6.07) is 4.87. The Hall–Kier alpha value is -1.84. The third-order valence-corrected chi connectivity index (χ3v) is 3.49. The van der Waals surface area contributed by atoms with Crippen molar-refractivity contribution in [3.8, 4) is 0 Å². The summed E-state index contributed by atoms with van der Waals surface area (Å²) in [5.41, 5.74) is 1.57. The molecule has 1 rings (SSSR count). The summed E-state index contributed by atoms with van der Waals surface area (Å²) in [4.78, 5) is 23.1. The van der Waals surface area contributed by atoms with Crippen LogP contribution in [0.5, 0.6) is 0 Å². The van der Waals surface area contributed by atoms with Crippen LogP contribution in [0.15, 0.2) is 18.2 Å². The van der Waals surface area contributed by atoms with Crippen molar-refractivity contribution in [2.75, 3.05) is 5.32 Å². The molecule has 1 aromatic rings. The molecule has 0 saturated carbocycles. The molecule has 1 aromatic carbocycles. The first kappa shape index (κ1) is 16.2. The maximum atomic E-state index is 12.2. The number of anilines is 1. The van der Waals surface area contributed by atoms with Gasteiger partial charge in [-0.25, -0.2) is 4.79 Å². The van der Waals surface area contributed by atoms with Crippen molar-refractivity contribution < 1.29 is 14.7 Å². The van der Waals surface area contributed by atoms with E-state index in [9.17, 15) is 9.59 Å². The van der Waals surface area contributed by atoms with Gasteiger partial charge in [-0.1, -0.05) is 26.7 Å². The largest absolute Gasteiger partial charge is 0.478 e. The second-order valence-electron chi connectivity index (χ2n) is 5.07. The van der Waals surface area contributed by atoms with E-state index >= 15 is 0 Å². The Morgan fingerprint density at radius 2 is 2.00 bits per heavy atom. The Balaban J connectivity index is 2.74. The van der Waals surface area contributed by atoms with Gasteiger partial charge in [0.05, 0.1) is 5.56 Å². The van der Waals surface area contributed by atoms with Crippen LogP contribution in [-0.2, 0) is 4.79 Å². The molecule has 0 fully saturated rings. The van der Waals surface area contributed by atoms with Gasteiger partial charge in [0, 0.05) is 11.6 Å². The highest BCUT2D eigenvalue weighted by atomic mass is 16.4. The number of unbranched alkanes of at least 4 members (excludes halogenated alkanes) is 1. The highest BCUT2D eigenvalue weighted by Crippen LogP contribution is 2.19. The molecule has 0 radical (unpaired) electrons. The smallest absolute Gasteiger partial charge is 0.335 e.